The van der Waals surface area contributed by atoms with Crippen molar-refractivity contribution in [1.29, 1.82) is 0 Å². The Kier molecular flexibility index (Phi) is 2.93. The van der Waals surface area contributed by atoms with Crippen LogP contribution in [0.2, 0.25) is 0 Å². The largest absolute Gasteiger partial charge is 0.438 e. The highest BCUT2D eigenvalue weighted by molar-refractivity contribution is 7.16. The monoisotopic (exact) mass is 336 g/mol. The number of aromatic nitrogens is 2. The van der Waals surface area contributed by atoms with Crippen LogP contribution in [0.15, 0.2) is 45.2 Å². The van der Waals surface area contributed by atoms with Crippen LogP contribution in [-0.4, -0.2) is 9.97 Å². The number of hydrogen-bond acceptors (Lipinski definition) is 6. The summed E-state index contributed by atoms with van der Waals surface area (Å²) in [6.45, 7) is 0. The van der Waals surface area contributed by atoms with Gasteiger partial charge in [0.15, 0.2) is 0 Å². The van der Waals surface area contributed by atoms with E-state index in [9.17, 15) is 4.79 Å². The second-order valence-corrected chi connectivity index (χ2v) is 6.67. The van der Waals surface area contributed by atoms with E-state index < -0.39 is 0 Å². The molecule has 0 N–H and O–H groups in total. The van der Waals surface area contributed by atoms with Gasteiger partial charge >= 0.3 is 5.63 Å². The molecule has 1 aromatic carbocycles. The molecule has 0 unspecified atom stereocenters. The van der Waals surface area contributed by atoms with E-state index in [2.05, 4.69) is 9.97 Å². The minimum Gasteiger partial charge on any atom is -0.438 e. The van der Waals surface area contributed by atoms with Crippen LogP contribution in [0.5, 0.6) is 11.6 Å². The van der Waals surface area contributed by atoms with E-state index in [0.29, 0.717) is 17.2 Å². The minimum absolute atomic E-state index is 0.227. The maximum atomic E-state index is 12.1. The smallest absolute Gasteiger partial charge is 0.339 e. The number of aryl methyl sites for hydroxylation is 1. The summed E-state index contributed by atoms with van der Waals surface area (Å²) in [5, 5.41) is 3.82. The summed E-state index contributed by atoms with van der Waals surface area (Å²) in [6.07, 6.45) is 4.23. The van der Waals surface area contributed by atoms with Crippen LogP contribution in [0.4, 0.5) is 0 Å². The highest BCUT2D eigenvalue weighted by Gasteiger charge is 2.20. The van der Waals surface area contributed by atoms with Crippen LogP contribution in [-0.2, 0) is 12.8 Å². The van der Waals surface area contributed by atoms with Gasteiger partial charge in [0.05, 0.1) is 5.39 Å². The lowest BCUT2D eigenvalue weighted by atomic mass is 10.1. The molecule has 0 bridgehead atoms. The van der Waals surface area contributed by atoms with Crippen molar-refractivity contribution in [2.24, 2.45) is 0 Å². The van der Waals surface area contributed by atoms with Crippen LogP contribution in [0.1, 0.15) is 17.5 Å². The Hall–Kier alpha value is -2.73. The normalized spacial score (nSPS) is 13.5. The summed E-state index contributed by atoms with van der Waals surface area (Å²) in [5.74, 6) is 1.10. The van der Waals surface area contributed by atoms with Crippen LogP contribution in [0, 0.1) is 0 Å². The maximum Gasteiger partial charge on any atom is 0.339 e. The predicted molar refractivity (Wildman–Crippen MR) is 92.0 cm³/mol. The zero-order valence-electron chi connectivity index (χ0n) is 12.6. The van der Waals surface area contributed by atoms with Crippen molar-refractivity contribution >= 4 is 32.5 Å². The molecule has 118 valence electrons. The van der Waals surface area contributed by atoms with Gasteiger partial charge in [-0.05, 0) is 48.4 Å². The summed E-state index contributed by atoms with van der Waals surface area (Å²) in [6, 6.07) is 7.55. The number of benzene rings is 1. The lowest BCUT2D eigenvalue weighted by Gasteiger charge is -2.08. The molecular weight excluding hydrogens is 324 g/mol. The first-order chi connectivity index (χ1) is 11.8. The quantitative estimate of drug-likeness (QED) is 0.516. The van der Waals surface area contributed by atoms with Gasteiger partial charge in [-0.2, -0.15) is 0 Å². The van der Waals surface area contributed by atoms with E-state index in [1.807, 2.05) is 23.6 Å². The van der Waals surface area contributed by atoms with Crippen molar-refractivity contribution in [3.63, 3.8) is 0 Å². The Morgan fingerprint density at radius 1 is 1.08 bits per heavy atom. The van der Waals surface area contributed by atoms with E-state index >= 15 is 0 Å². The molecule has 6 heteroatoms. The van der Waals surface area contributed by atoms with Crippen molar-refractivity contribution < 1.29 is 9.15 Å². The van der Waals surface area contributed by atoms with Crippen molar-refractivity contribution in [1.82, 2.24) is 9.97 Å². The molecule has 5 rings (SSSR count). The molecule has 0 fully saturated rings. The van der Waals surface area contributed by atoms with Crippen molar-refractivity contribution in [3.8, 4) is 11.6 Å². The first-order valence-electron chi connectivity index (χ1n) is 7.74. The molecule has 0 saturated heterocycles. The van der Waals surface area contributed by atoms with Gasteiger partial charge in [-0.15, -0.1) is 11.3 Å². The van der Waals surface area contributed by atoms with Gasteiger partial charge in [-0.1, -0.05) is 0 Å². The van der Waals surface area contributed by atoms with Gasteiger partial charge < -0.3 is 9.15 Å². The molecular formula is C18H12N2O3S. The average Bonchev–Trinajstić information content (AvgIpc) is 3.25. The number of thiophene rings is 1. The highest BCUT2D eigenvalue weighted by Crippen LogP contribution is 2.33. The third kappa shape index (κ3) is 2.03. The molecule has 0 saturated carbocycles. The first-order valence-corrected chi connectivity index (χ1v) is 8.62. The van der Waals surface area contributed by atoms with E-state index in [-0.39, 0.29) is 5.63 Å². The number of rotatable bonds is 2. The second-order valence-electron chi connectivity index (χ2n) is 5.78. The Morgan fingerprint density at radius 3 is 2.96 bits per heavy atom. The molecule has 1 aliphatic carbocycles. The summed E-state index contributed by atoms with van der Waals surface area (Å²) in [5.41, 5.74) is 2.28. The van der Waals surface area contributed by atoms with Gasteiger partial charge in [0.25, 0.3) is 0 Å². The van der Waals surface area contributed by atoms with Crippen LogP contribution >= 0.6 is 11.3 Å². The molecule has 0 amide bonds. The highest BCUT2D eigenvalue weighted by atomic mass is 32.1. The van der Waals surface area contributed by atoms with Crippen LogP contribution in [0.3, 0.4) is 0 Å². The predicted octanol–water partition coefficient (Wildman–Crippen LogP) is 4.08. The van der Waals surface area contributed by atoms with Crippen molar-refractivity contribution in [3.05, 3.63) is 57.5 Å². The third-order valence-electron chi connectivity index (χ3n) is 4.38. The second kappa shape index (κ2) is 5.14. The molecule has 24 heavy (non-hydrogen) atoms. The molecule has 3 heterocycles. The van der Waals surface area contributed by atoms with Crippen molar-refractivity contribution in [2.75, 3.05) is 0 Å². The Morgan fingerprint density at radius 2 is 2.00 bits per heavy atom. The van der Waals surface area contributed by atoms with Gasteiger partial charge in [0, 0.05) is 17.0 Å². The SMILES string of the molecule is O=c1oc2cc(Oc3ncnc4sccc34)ccc2c2c1CCC2. The molecule has 3 aromatic heterocycles. The van der Waals surface area contributed by atoms with E-state index in [4.69, 9.17) is 9.15 Å². The molecule has 0 atom stereocenters. The average molecular weight is 336 g/mol. The van der Waals surface area contributed by atoms with E-state index in [1.165, 1.54) is 17.7 Å². The lowest BCUT2D eigenvalue weighted by molar-refractivity contribution is 0.466. The number of nitrogens with zero attached hydrogens (tertiary/aromatic N) is 2. The molecule has 1 aliphatic rings. The Labute approximate surface area is 140 Å². The van der Waals surface area contributed by atoms with Gasteiger partial charge in [-0.3, -0.25) is 0 Å². The molecule has 5 nitrogen and oxygen atoms in total. The lowest BCUT2D eigenvalue weighted by Crippen LogP contribution is -2.06. The standard InChI is InChI=1S/C18H12N2O3S/c21-18-13-3-1-2-11(13)12-5-4-10(8-15(12)23-18)22-16-14-6-7-24-17(14)20-9-19-16/h4-9H,1-3H2. The summed E-state index contributed by atoms with van der Waals surface area (Å²) >= 11 is 1.54. The van der Waals surface area contributed by atoms with Crippen LogP contribution in [0.25, 0.3) is 21.2 Å². The fourth-order valence-corrected chi connectivity index (χ4v) is 4.01. The number of ether oxygens (including phenoxy) is 1. The zero-order valence-corrected chi connectivity index (χ0v) is 13.4. The fourth-order valence-electron chi connectivity index (χ4n) is 3.29. The van der Waals surface area contributed by atoms with Gasteiger partial charge in [-0.25, -0.2) is 14.8 Å². The maximum absolute atomic E-state index is 12.1. The summed E-state index contributed by atoms with van der Waals surface area (Å²) in [4.78, 5) is 21.4. The van der Waals surface area contributed by atoms with E-state index in [0.717, 1.165) is 46.0 Å². The Balaban J connectivity index is 1.62. The third-order valence-corrected chi connectivity index (χ3v) is 5.21. The van der Waals surface area contributed by atoms with Gasteiger partial charge in [0.2, 0.25) is 5.88 Å². The topological polar surface area (TPSA) is 65.2 Å². The molecule has 0 radical (unpaired) electrons. The molecule has 0 aliphatic heterocycles. The van der Waals surface area contributed by atoms with Crippen LogP contribution < -0.4 is 10.4 Å². The van der Waals surface area contributed by atoms with Gasteiger partial charge in [0.1, 0.15) is 22.5 Å². The zero-order chi connectivity index (χ0) is 16.1. The minimum atomic E-state index is -0.227. The fraction of sp³-hybridized carbons (Fsp3) is 0.167. The summed E-state index contributed by atoms with van der Waals surface area (Å²) < 4.78 is 11.4. The summed E-state index contributed by atoms with van der Waals surface area (Å²) in [7, 11) is 0. The Bertz CT molecular complexity index is 1150. The van der Waals surface area contributed by atoms with E-state index in [1.54, 1.807) is 6.07 Å². The first kappa shape index (κ1) is 13.7. The molecule has 0 spiro atoms. The number of hydrogen-bond donors (Lipinski definition) is 0. The molecule has 4 aromatic rings. The number of fused-ring (bicyclic) bond motifs is 4. The van der Waals surface area contributed by atoms with Crippen molar-refractivity contribution in [2.45, 2.75) is 19.3 Å².